The first-order chi connectivity index (χ1) is 9.00. The van der Waals surface area contributed by atoms with E-state index in [4.69, 9.17) is 28.3 Å². The first kappa shape index (κ1) is 14.5. The number of benzene rings is 1. The largest absolute Gasteiger partial charge is 0.480 e. The molecule has 0 aromatic heterocycles. The van der Waals surface area contributed by atoms with E-state index in [2.05, 4.69) is 0 Å². The third kappa shape index (κ3) is 3.16. The molecule has 1 aliphatic heterocycles. The predicted octanol–water partition coefficient (Wildman–Crippen LogP) is 2.52. The van der Waals surface area contributed by atoms with Gasteiger partial charge in [0.1, 0.15) is 6.04 Å². The smallest absolute Gasteiger partial charge is 0.327 e. The number of hydrogen-bond donors (Lipinski definition) is 1. The summed E-state index contributed by atoms with van der Waals surface area (Å²) in [5.74, 6) is -0.453. The molecule has 1 N–H and O–H groups in total. The Balaban J connectivity index is 2.15. The Bertz CT molecular complexity index is 503. The number of aliphatic carboxylic acids is 1. The molecule has 1 atom stereocenters. The summed E-state index contributed by atoms with van der Waals surface area (Å²) in [5.41, 5.74) is 0.539. The highest BCUT2D eigenvalue weighted by Crippen LogP contribution is 2.27. The van der Waals surface area contributed by atoms with Crippen molar-refractivity contribution >= 4 is 46.8 Å². The average molecular weight is 320 g/mol. The van der Waals surface area contributed by atoms with Gasteiger partial charge in [-0.3, -0.25) is 4.79 Å². The zero-order valence-electron chi connectivity index (χ0n) is 9.81. The van der Waals surface area contributed by atoms with Crippen LogP contribution in [0.1, 0.15) is 5.56 Å². The summed E-state index contributed by atoms with van der Waals surface area (Å²) in [7, 11) is 0. The number of amides is 1. The molecule has 4 nitrogen and oxygen atoms in total. The summed E-state index contributed by atoms with van der Waals surface area (Å²) in [6, 6.07) is 4.25. The van der Waals surface area contributed by atoms with Crippen molar-refractivity contribution in [2.75, 3.05) is 11.6 Å². The SMILES string of the molecule is O=C(O)C1CSCN1C(=O)Cc1c(Cl)cccc1Cl. The molecule has 1 aromatic carbocycles. The molecule has 1 aliphatic rings. The lowest BCUT2D eigenvalue weighted by Gasteiger charge is -2.21. The van der Waals surface area contributed by atoms with Crippen LogP contribution < -0.4 is 0 Å². The van der Waals surface area contributed by atoms with Crippen LogP contribution in [0.4, 0.5) is 0 Å². The minimum absolute atomic E-state index is 0.0167. The molecular weight excluding hydrogens is 309 g/mol. The van der Waals surface area contributed by atoms with Gasteiger partial charge in [0.05, 0.1) is 12.3 Å². The lowest BCUT2D eigenvalue weighted by atomic mass is 10.1. The van der Waals surface area contributed by atoms with Crippen molar-refractivity contribution < 1.29 is 14.7 Å². The van der Waals surface area contributed by atoms with Gasteiger partial charge in [0.25, 0.3) is 0 Å². The highest BCUT2D eigenvalue weighted by atomic mass is 35.5. The van der Waals surface area contributed by atoms with E-state index in [0.29, 0.717) is 27.2 Å². The fourth-order valence-corrected chi connectivity index (χ4v) is 3.55. The number of rotatable bonds is 3. The molecule has 0 spiro atoms. The molecule has 7 heteroatoms. The molecule has 1 heterocycles. The maximum absolute atomic E-state index is 12.2. The quantitative estimate of drug-likeness (QED) is 0.930. The Morgan fingerprint density at radius 1 is 1.37 bits per heavy atom. The van der Waals surface area contributed by atoms with Crippen LogP contribution in [0.2, 0.25) is 10.0 Å². The number of hydrogen-bond acceptors (Lipinski definition) is 3. The highest BCUT2D eigenvalue weighted by molar-refractivity contribution is 7.99. The maximum atomic E-state index is 12.2. The standard InChI is InChI=1S/C12H11Cl2NO3S/c13-8-2-1-3-9(14)7(8)4-11(16)15-6-19-5-10(15)12(17)18/h1-3,10H,4-6H2,(H,17,18). The van der Waals surface area contributed by atoms with E-state index >= 15 is 0 Å². The molecule has 19 heavy (non-hydrogen) atoms. The van der Waals surface area contributed by atoms with Gasteiger partial charge < -0.3 is 10.0 Å². The number of carbonyl (C=O) groups is 2. The monoisotopic (exact) mass is 319 g/mol. The number of carboxylic acid groups (broad SMARTS) is 1. The molecule has 0 bridgehead atoms. The molecule has 1 unspecified atom stereocenters. The number of thioether (sulfide) groups is 1. The van der Waals surface area contributed by atoms with Crippen LogP contribution in [-0.2, 0) is 16.0 Å². The van der Waals surface area contributed by atoms with Gasteiger partial charge in [-0.05, 0) is 17.7 Å². The first-order valence-electron chi connectivity index (χ1n) is 5.53. The lowest BCUT2D eigenvalue weighted by molar-refractivity contribution is -0.147. The second-order valence-corrected chi connectivity index (χ2v) is 5.91. The minimum Gasteiger partial charge on any atom is -0.480 e. The number of carboxylic acids is 1. The third-order valence-corrected chi connectivity index (χ3v) is 4.60. The summed E-state index contributed by atoms with van der Waals surface area (Å²) in [6.45, 7) is 0. The van der Waals surface area contributed by atoms with Crippen molar-refractivity contribution in [2.24, 2.45) is 0 Å². The third-order valence-electron chi connectivity index (χ3n) is 2.88. The Morgan fingerprint density at radius 3 is 2.58 bits per heavy atom. The average Bonchev–Trinajstić information content (AvgIpc) is 2.83. The van der Waals surface area contributed by atoms with E-state index in [1.807, 2.05) is 0 Å². The predicted molar refractivity (Wildman–Crippen MR) is 75.8 cm³/mol. The molecule has 0 saturated carbocycles. The van der Waals surface area contributed by atoms with Gasteiger partial charge >= 0.3 is 5.97 Å². The zero-order valence-corrected chi connectivity index (χ0v) is 12.1. The van der Waals surface area contributed by atoms with E-state index in [9.17, 15) is 9.59 Å². The fourth-order valence-electron chi connectivity index (χ4n) is 1.85. The van der Waals surface area contributed by atoms with Crippen molar-refractivity contribution in [2.45, 2.75) is 12.5 Å². The summed E-state index contributed by atoms with van der Waals surface area (Å²) in [5, 5.41) is 9.88. The Kier molecular flexibility index (Phi) is 4.60. The molecule has 2 rings (SSSR count). The van der Waals surface area contributed by atoms with Crippen LogP contribution in [0.3, 0.4) is 0 Å². The molecule has 102 valence electrons. The molecule has 0 aliphatic carbocycles. The van der Waals surface area contributed by atoms with E-state index in [0.717, 1.165) is 0 Å². The topological polar surface area (TPSA) is 57.6 Å². The number of nitrogens with zero attached hydrogens (tertiary/aromatic N) is 1. The molecule has 1 fully saturated rings. The normalized spacial score (nSPS) is 18.6. The van der Waals surface area contributed by atoms with Crippen LogP contribution >= 0.6 is 35.0 Å². The first-order valence-corrected chi connectivity index (χ1v) is 7.44. The molecule has 1 aromatic rings. The van der Waals surface area contributed by atoms with Crippen molar-refractivity contribution in [3.8, 4) is 0 Å². The van der Waals surface area contributed by atoms with Crippen molar-refractivity contribution in [1.82, 2.24) is 4.90 Å². The Labute approximate surface area is 124 Å². The summed E-state index contributed by atoms with van der Waals surface area (Å²) >= 11 is 13.4. The van der Waals surface area contributed by atoms with E-state index in [-0.39, 0.29) is 12.3 Å². The van der Waals surface area contributed by atoms with Crippen molar-refractivity contribution in [3.63, 3.8) is 0 Å². The highest BCUT2D eigenvalue weighted by Gasteiger charge is 2.34. The van der Waals surface area contributed by atoms with Crippen molar-refractivity contribution in [3.05, 3.63) is 33.8 Å². The zero-order chi connectivity index (χ0) is 14.0. The molecular formula is C12H11Cl2NO3S. The number of halogens is 2. The van der Waals surface area contributed by atoms with Gasteiger partial charge in [-0.1, -0.05) is 29.3 Å². The van der Waals surface area contributed by atoms with E-state index < -0.39 is 12.0 Å². The maximum Gasteiger partial charge on any atom is 0.327 e. The molecule has 0 radical (unpaired) electrons. The van der Waals surface area contributed by atoms with Gasteiger partial charge in [0.2, 0.25) is 5.91 Å². The van der Waals surface area contributed by atoms with Crippen LogP contribution in [0.25, 0.3) is 0 Å². The van der Waals surface area contributed by atoms with Crippen LogP contribution in [0.15, 0.2) is 18.2 Å². The molecule has 1 saturated heterocycles. The van der Waals surface area contributed by atoms with Gasteiger partial charge in [-0.2, -0.15) is 0 Å². The summed E-state index contributed by atoms with van der Waals surface area (Å²) in [6.07, 6.45) is 0.0167. The molecule has 1 amide bonds. The van der Waals surface area contributed by atoms with Crippen LogP contribution in [0.5, 0.6) is 0 Å². The van der Waals surface area contributed by atoms with E-state index in [1.54, 1.807) is 18.2 Å². The van der Waals surface area contributed by atoms with Crippen LogP contribution in [0, 0.1) is 0 Å². The van der Waals surface area contributed by atoms with Gasteiger partial charge in [0.15, 0.2) is 0 Å². The minimum atomic E-state index is -0.983. The Morgan fingerprint density at radius 2 is 2.00 bits per heavy atom. The summed E-state index contributed by atoms with van der Waals surface area (Å²) < 4.78 is 0. The van der Waals surface area contributed by atoms with Crippen molar-refractivity contribution in [1.29, 1.82) is 0 Å². The fraction of sp³-hybridized carbons (Fsp3) is 0.333. The van der Waals surface area contributed by atoms with E-state index in [1.165, 1.54) is 16.7 Å². The second-order valence-electron chi connectivity index (χ2n) is 4.09. The van der Waals surface area contributed by atoms with Crippen LogP contribution in [-0.4, -0.2) is 39.6 Å². The van der Waals surface area contributed by atoms with Gasteiger partial charge in [0, 0.05) is 15.8 Å². The lowest BCUT2D eigenvalue weighted by Crippen LogP contribution is -2.42. The second kappa shape index (κ2) is 6.03. The summed E-state index contributed by atoms with van der Waals surface area (Å²) in [4.78, 5) is 24.6. The number of carbonyl (C=O) groups excluding carboxylic acids is 1. The van der Waals surface area contributed by atoms with Gasteiger partial charge in [-0.25, -0.2) is 4.79 Å². The Hall–Kier alpha value is -0.910. The van der Waals surface area contributed by atoms with Gasteiger partial charge in [-0.15, -0.1) is 11.8 Å².